The van der Waals surface area contributed by atoms with Gasteiger partial charge in [-0.05, 0) is 44.0 Å². The van der Waals surface area contributed by atoms with Crippen LogP contribution in [0.2, 0.25) is 0 Å². The summed E-state index contributed by atoms with van der Waals surface area (Å²) in [5.74, 6) is 0.403. The summed E-state index contributed by atoms with van der Waals surface area (Å²) in [6.07, 6.45) is 1.88. The highest BCUT2D eigenvalue weighted by molar-refractivity contribution is 5.54. The third kappa shape index (κ3) is 3.22. The Balaban J connectivity index is 2.23. The van der Waals surface area contributed by atoms with Crippen LogP contribution >= 0.6 is 0 Å². The van der Waals surface area contributed by atoms with Crippen LogP contribution in [0.1, 0.15) is 44.2 Å². The number of benzene rings is 1. The van der Waals surface area contributed by atoms with Crippen molar-refractivity contribution >= 4 is 0 Å². The molecule has 1 aromatic carbocycles. The van der Waals surface area contributed by atoms with Crippen LogP contribution in [0.4, 0.5) is 4.39 Å². The maximum absolute atomic E-state index is 13.9. The molecule has 1 heterocycles. The third-order valence-electron chi connectivity index (χ3n) is 3.14. The Hall–Kier alpha value is -1.75. The molecule has 0 fully saturated rings. The van der Waals surface area contributed by atoms with E-state index in [-0.39, 0.29) is 17.7 Å². The summed E-state index contributed by atoms with van der Waals surface area (Å²) in [4.78, 5) is 0. The maximum atomic E-state index is 13.9. The lowest BCUT2D eigenvalue weighted by Gasteiger charge is -2.11. The van der Waals surface area contributed by atoms with E-state index in [9.17, 15) is 4.39 Å². The number of hydrogen-bond acceptors (Lipinski definition) is 4. The second kappa shape index (κ2) is 6.61. The first kappa shape index (κ1) is 14.7. The predicted octanol–water partition coefficient (Wildman–Crippen LogP) is 3.63. The van der Waals surface area contributed by atoms with Gasteiger partial charge in [0.1, 0.15) is 5.82 Å². The first-order chi connectivity index (χ1) is 9.65. The van der Waals surface area contributed by atoms with Gasteiger partial charge in [0.25, 0.3) is 5.89 Å². The van der Waals surface area contributed by atoms with Crippen molar-refractivity contribution in [2.75, 3.05) is 6.54 Å². The second-order valence-corrected chi connectivity index (χ2v) is 4.84. The molecule has 20 heavy (non-hydrogen) atoms. The summed E-state index contributed by atoms with van der Waals surface area (Å²) in [7, 11) is 0. The predicted molar refractivity (Wildman–Crippen MR) is 75.8 cm³/mol. The first-order valence-electron chi connectivity index (χ1n) is 6.99. The molecule has 0 spiro atoms. The topological polar surface area (TPSA) is 51.0 Å². The van der Waals surface area contributed by atoms with E-state index in [1.807, 2.05) is 19.9 Å². The van der Waals surface area contributed by atoms with Crippen LogP contribution in [-0.4, -0.2) is 16.7 Å². The van der Waals surface area contributed by atoms with E-state index in [2.05, 4.69) is 22.4 Å². The van der Waals surface area contributed by atoms with Crippen molar-refractivity contribution in [2.45, 2.75) is 39.7 Å². The first-order valence-corrected chi connectivity index (χ1v) is 6.99. The standard InChI is InChI=1S/C15H20FN3O/c1-4-8-17-13(5-2)15-19-18-14(20-15)11-7-6-10(3)9-12(11)16/h6-7,9,13,17H,4-5,8H2,1-3H3. The van der Waals surface area contributed by atoms with E-state index in [1.165, 1.54) is 6.07 Å². The fourth-order valence-electron chi connectivity index (χ4n) is 2.00. The Morgan fingerprint density at radius 2 is 2.10 bits per heavy atom. The van der Waals surface area contributed by atoms with Crippen molar-refractivity contribution in [2.24, 2.45) is 0 Å². The van der Waals surface area contributed by atoms with Crippen molar-refractivity contribution in [3.05, 3.63) is 35.5 Å². The number of rotatable bonds is 6. The smallest absolute Gasteiger partial charge is 0.250 e. The highest BCUT2D eigenvalue weighted by atomic mass is 19.1. The van der Waals surface area contributed by atoms with Gasteiger partial charge in [0.2, 0.25) is 5.89 Å². The number of halogens is 1. The van der Waals surface area contributed by atoms with Gasteiger partial charge in [0, 0.05) is 0 Å². The lowest BCUT2D eigenvalue weighted by Crippen LogP contribution is -2.21. The minimum absolute atomic E-state index is 0.0182. The van der Waals surface area contributed by atoms with E-state index in [0.29, 0.717) is 11.5 Å². The van der Waals surface area contributed by atoms with Gasteiger partial charge < -0.3 is 9.73 Å². The van der Waals surface area contributed by atoms with Crippen LogP contribution in [0.15, 0.2) is 22.6 Å². The summed E-state index contributed by atoms with van der Waals surface area (Å²) >= 11 is 0. The third-order valence-corrected chi connectivity index (χ3v) is 3.14. The minimum Gasteiger partial charge on any atom is -0.419 e. The SMILES string of the molecule is CCCNC(CC)c1nnc(-c2ccc(C)cc2F)o1. The summed E-state index contributed by atoms with van der Waals surface area (Å²) in [5.41, 5.74) is 1.21. The molecule has 0 radical (unpaired) electrons. The summed E-state index contributed by atoms with van der Waals surface area (Å²) in [6.45, 7) is 6.87. The fraction of sp³-hybridized carbons (Fsp3) is 0.467. The van der Waals surface area contributed by atoms with Crippen molar-refractivity contribution in [3.8, 4) is 11.5 Å². The molecule has 2 rings (SSSR count). The maximum Gasteiger partial charge on any atom is 0.250 e. The largest absolute Gasteiger partial charge is 0.419 e. The molecule has 1 unspecified atom stereocenters. The average Bonchev–Trinajstić information content (AvgIpc) is 2.89. The summed E-state index contributed by atoms with van der Waals surface area (Å²) in [5, 5.41) is 11.3. The molecular weight excluding hydrogens is 257 g/mol. The molecule has 0 saturated carbocycles. The molecule has 0 saturated heterocycles. The molecule has 0 aliphatic heterocycles. The number of nitrogens with zero attached hydrogens (tertiary/aromatic N) is 2. The number of aromatic nitrogens is 2. The Bertz CT molecular complexity index is 568. The van der Waals surface area contributed by atoms with Gasteiger partial charge in [-0.15, -0.1) is 10.2 Å². The van der Waals surface area contributed by atoms with Crippen molar-refractivity contribution in [1.82, 2.24) is 15.5 Å². The summed E-state index contributed by atoms with van der Waals surface area (Å²) in [6, 6.07) is 4.98. The van der Waals surface area contributed by atoms with E-state index in [0.717, 1.165) is 24.9 Å². The average molecular weight is 277 g/mol. The van der Waals surface area contributed by atoms with Crippen LogP contribution in [-0.2, 0) is 0 Å². The Morgan fingerprint density at radius 3 is 2.75 bits per heavy atom. The molecule has 108 valence electrons. The molecule has 4 nitrogen and oxygen atoms in total. The molecule has 0 aliphatic rings. The van der Waals surface area contributed by atoms with Gasteiger partial charge in [-0.1, -0.05) is 19.9 Å². The van der Waals surface area contributed by atoms with Gasteiger partial charge >= 0.3 is 0 Å². The minimum atomic E-state index is -0.338. The highest BCUT2D eigenvalue weighted by Crippen LogP contribution is 2.25. The van der Waals surface area contributed by atoms with Crippen molar-refractivity contribution in [3.63, 3.8) is 0 Å². The van der Waals surface area contributed by atoms with E-state index >= 15 is 0 Å². The molecule has 2 aromatic rings. The van der Waals surface area contributed by atoms with E-state index < -0.39 is 0 Å². The molecule has 0 aliphatic carbocycles. The van der Waals surface area contributed by atoms with E-state index in [4.69, 9.17) is 4.42 Å². The Kier molecular flexibility index (Phi) is 4.84. The highest BCUT2D eigenvalue weighted by Gasteiger charge is 2.18. The van der Waals surface area contributed by atoms with Crippen molar-refractivity contribution in [1.29, 1.82) is 0 Å². The zero-order valence-electron chi connectivity index (χ0n) is 12.1. The lowest BCUT2D eigenvalue weighted by atomic mass is 10.1. The van der Waals surface area contributed by atoms with Crippen molar-refractivity contribution < 1.29 is 8.81 Å². The molecule has 0 bridgehead atoms. The lowest BCUT2D eigenvalue weighted by molar-refractivity contribution is 0.395. The normalized spacial score (nSPS) is 12.6. The number of nitrogens with one attached hydrogen (secondary N) is 1. The molecule has 0 amide bonds. The molecule has 1 atom stereocenters. The van der Waals surface area contributed by atoms with Gasteiger partial charge in [0.05, 0.1) is 11.6 Å². The monoisotopic (exact) mass is 277 g/mol. The quantitative estimate of drug-likeness (QED) is 0.876. The molecule has 1 N–H and O–H groups in total. The van der Waals surface area contributed by atoms with Crippen LogP contribution < -0.4 is 5.32 Å². The van der Waals surface area contributed by atoms with Crippen LogP contribution in [0.3, 0.4) is 0 Å². The van der Waals surface area contributed by atoms with Gasteiger partial charge in [0.15, 0.2) is 0 Å². The zero-order valence-corrected chi connectivity index (χ0v) is 12.1. The van der Waals surface area contributed by atoms with Crippen LogP contribution in [0, 0.1) is 12.7 Å². The Morgan fingerprint density at radius 1 is 1.30 bits per heavy atom. The van der Waals surface area contributed by atoms with Crippen LogP contribution in [0.5, 0.6) is 0 Å². The fourth-order valence-corrected chi connectivity index (χ4v) is 2.00. The molecule has 5 heteroatoms. The number of hydrogen-bond donors (Lipinski definition) is 1. The zero-order chi connectivity index (χ0) is 14.5. The summed E-state index contributed by atoms with van der Waals surface area (Å²) < 4.78 is 19.5. The second-order valence-electron chi connectivity index (χ2n) is 4.84. The van der Waals surface area contributed by atoms with Gasteiger partial charge in [-0.3, -0.25) is 0 Å². The molecular formula is C15H20FN3O. The Labute approximate surface area is 118 Å². The van der Waals surface area contributed by atoms with Crippen LogP contribution in [0.25, 0.3) is 11.5 Å². The molecule has 1 aromatic heterocycles. The van der Waals surface area contributed by atoms with E-state index in [1.54, 1.807) is 6.07 Å². The number of aryl methyl sites for hydroxylation is 1. The van der Waals surface area contributed by atoms with Gasteiger partial charge in [-0.2, -0.15) is 0 Å². The van der Waals surface area contributed by atoms with Gasteiger partial charge in [-0.25, -0.2) is 4.39 Å².